The van der Waals surface area contributed by atoms with E-state index in [1.165, 1.54) is 6.33 Å². The van der Waals surface area contributed by atoms with Crippen molar-refractivity contribution in [1.82, 2.24) is 15.0 Å². The van der Waals surface area contributed by atoms with Crippen LogP contribution in [0, 0.1) is 0 Å². The summed E-state index contributed by atoms with van der Waals surface area (Å²) in [6, 6.07) is 1.89. The smallest absolute Gasteiger partial charge is 0.162 e. The minimum Gasteiger partial charge on any atom is -0.346 e. The lowest BCUT2D eigenvalue weighted by molar-refractivity contribution is 0.269. The fourth-order valence-corrected chi connectivity index (χ4v) is 1.05. The van der Waals surface area contributed by atoms with E-state index in [0.29, 0.717) is 5.82 Å². The van der Waals surface area contributed by atoms with Crippen LogP contribution in [0.4, 0.5) is 5.82 Å². The molecule has 0 bridgehead atoms. The molecular formula is C7H8N4O. The SMILES string of the molecule is CONc1ncnc2[nH]ccc12. The summed E-state index contributed by atoms with van der Waals surface area (Å²) in [7, 11) is 1.54. The first-order valence-corrected chi connectivity index (χ1v) is 3.49. The molecule has 0 saturated carbocycles. The molecule has 0 aliphatic heterocycles. The Morgan fingerprint density at radius 1 is 1.50 bits per heavy atom. The summed E-state index contributed by atoms with van der Waals surface area (Å²) < 4.78 is 0. The van der Waals surface area contributed by atoms with E-state index >= 15 is 0 Å². The molecule has 0 amide bonds. The van der Waals surface area contributed by atoms with Crippen LogP contribution >= 0.6 is 0 Å². The van der Waals surface area contributed by atoms with E-state index < -0.39 is 0 Å². The first-order chi connectivity index (χ1) is 5.92. The van der Waals surface area contributed by atoms with E-state index in [1.54, 1.807) is 13.3 Å². The second-order valence-corrected chi connectivity index (χ2v) is 2.27. The van der Waals surface area contributed by atoms with Gasteiger partial charge in [-0.15, -0.1) is 0 Å². The number of aromatic amines is 1. The fourth-order valence-electron chi connectivity index (χ4n) is 1.05. The maximum absolute atomic E-state index is 4.75. The van der Waals surface area contributed by atoms with Crippen LogP contribution in [-0.2, 0) is 4.84 Å². The average Bonchev–Trinajstić information content (AvgIpc) is 2.53. The van der Waals surface area contributed by atoms with Crippen molar-refractivity contribution < 1.29 is 4.84 Å². The van der Waals surface area contributed by atoms with Crippen LogP contribution in [0.15, 0.2) is 18.6 Å². The highest BCUT2D eigenvalue weighted by molar-refractivity contribution is 5.86. The second kappa shape index (κ2) is 2.78. The number of fused-ring (bicyclic) bond motifs is 1. The van der Waals surface area contributed by atoms with E-state index in [2.05, 4.69) is 20.4 Å². The Morgan fingerprint density at radius 2 is 2.42 bits per heavy atom. The highest BCUT2D eigenvalue weighted by Crippen LogP contribution is 2.16. The largest absolute Gasteiger partial charge is 0.346 e. The molecule has 2 heterocycles. The maximum atomic E-state index is 4.75. The van der Waals surface area contributed by atoms with Crippen LogP contribution in [0.5, 0.6) is 0 Å². The molecule has 2 aromatic heterocycles. The van der Waals surface area contributed by atoms with E-state index in [4.69, 9.17) is 4.84 Å². The van der Waals surface area contributed by atoms with Gasteiger partial charge in [0.15, 0.2) is 5.82 Å². The van der Waals surface area contributed by atoms with Gasteiger partial charge in [0.05, 0.1) is 12.5 Å². The predicted octanol–water partition coefficient (Wildman–Crippen LogP) is 0.931. The van der Waals surface area contributed by atoms with E-state index in [1.807, 2.05) is 6.07 Å². The Bertz CT molecular complexity index is 384. The molecular weight excluding hydrogens is 156 g/mol. The Balaban J connectivity index is 2.57. The molecule has 0 saturated heterocycles. The van der Waals surface area contributed by atoms with Crippen LogP contribution in [-0.4, -0.2) is 22.1 Å². The van der Waals surface area contributed by atoms with Gasteiger partial charge < -0.3 is 4.98 Å². The minimum absolute atomic E-state index is 0.670. The van der Waals surface area contributed by atoms with Crippen LogP contribution < -0.4 is 5.48 Å². The van der Waals surface area contributed by atoms with Crippen molar-refractivity contribution in [3.63, 3.8) is 0 Å². The molecule has 0 aromatic carbocycles. The Labute approximate surface area is 68.7 Å². The number of anilines is 1. The fraction of sp³-hybridized carbons (Fsp3) is 0.143. The molecule has 5 heteroatoms. The predicted molar refractivity (Wildman–Crippen MR) is 44.5 cm³/mol. The van der Waals surface area contributed by atoms with Gasteiger partial charge in [-0.1, -0.05) is 0 Å². The molecule has 0 spiro atoms. The van der Waals surface area contributed by atoms with Gasteiger partial charge in [-0.3, -0.25) is 4.84 Å². The minimum atomic E-state index is 0.670. The van der Waals surface area contributed by atoms with Crippen molar-refractivity contribution >= 4 is 16.9 Å². The first-order valence-electron chi connectivity index (χ1n) is 3.49. The Kier molecular flexibility index (Phi) is 1.64. The molecule has 0 aliphatic rings. The summed E-state index contributed by atoms with van der Waals surface area (Å²) >= 11 is 0. The lowest BCUT2D eigenvalue weighted by atomic mass is 10.4. The third-order valence-electron chi connectivity index (χ3n) is 1.55. The summed E-state index contributed by atoms with van der Waals surface area (Å²) in [6.07, 6.45) is 3.28. The van der Waals surface area contributed by atoms with Crippen molar-refractivity contribution in [3.8, 4) is 0 Å². The van der Waals surface area contributed by atoms with Gasteiger partial charge >= 0.3 is 0 Å². The number of hydrogen-bond donors (Lipinski definition) is 2. The van der Waals surface area contributed by atoms with Crippen LogP contribution in [0.25, 0.3) is 11.0 Å². The molecule has 2 aromatic rings. The molecule has 0 fully saturated rings. The standard InChI is InChI=1S/C7H8N4O/c1-12-11-7-5-2-3-8-6(5)9-4-10-7/h2-4H,1H3,(H2,8,9,10,11). The molecule has 12 heavy (non-hydrogen) atoms. The van der Waals surface area contributed by atoms with Gasteiger partial charge in [0, 0.05) is 6.20 Å². The summed E-state index contributed by atoms with van der Waals surface area (Å²) in [5.41, 5.74) is 3.46. The zero-order valence-corrected chi connectivity index (χ0v) is 6.53. The molecule has 0 aliphatic carbocycles. The van der Waals surface area contributed by atoms with Crippen LogP contribution in [0.3, 0.4) is 0 Å². The quantitative estimate of drug-likeness (QED) is 0.648. The van der Waals surface area contributed by atoms with E-state index in [-0.39, 0.29) is 0 Å². The molecule has 0 radical (unpaired) electrons. The number of hydrogen-bond acceptors (Lipinski definition) is 4. The van der Waals surface area contributed by atoms with Gasteiger partial charge in [0.2, 0.25) is 0 Å². The van der Waals surface area contributed by atoms with E-state index in [0.717, 1.165) is 11.0 Å². The average molecular weight is 164 g/mol. The van der Waals surface area contributed by atoms with Crippen LogP contribution in [0.1, 0.15) is 0 Å². The van der Waals surface area contributed by atoms with Crippen molar-refractivity contribution in [2.75, 3.05) is 12.6 Å². The third-order valence-corrected chi connectivity index (χ3v) is 1.55. The van der Waals surface area contributed by atoms with Gasteiger partial charge in [0.1, 0.15) is 12.0 Å². The summed E-state index contributed by atoms with van der Waals surface area (Å²) in [5.74, 6) is 0.670. The number of nitrogens with zero attached hydrogens (tertiary/aromatic N) is 2. The highest BCUT2D eigenvalue weighted by atomic mass is 16.6. The van der Waals surface area contributed by atoms with Crippen molar-refractivity contribution in [3.05, 3.63) is 18.6 Å². The monoisotopic (exact) mass is 164 g/mol. The molecule has 0 unspecified atom stereocenters. The molecule has 0 atom stereocenters. The Hall–Kier alpha value is -1.62. The van der Waals surface area contributed by atoms with Gasteiger partial charge in [-0.05, 0) is 6.07 Å². The van der Waals surface area contributed by atoms with Crippen molar-refractivity contribution in [2.24, 2.45) is 0 Å². The topological polar surface area (TPSA) is 62.8 Å². The number of aromatic nitrogens is 3. The van der Waals surface area contributed by atoms with Gasteiger partial charge in [-0.2, -0.15) is 0 Å². The van der Waals surface area contributed by atoms with E-state index in [9.17, 15) is 0 Å². The zero-order valence-electron chi connectivity index (χ0n) is 6.53. The van der Waals surface area contributed by atoms with Gasteiger partial charge in [-0.25, -0.2) is 15.4 Å². The zero-order chi connectivity index (χ0) is 8.39. The molecule has 2 N–H and O–H groups in total. The van der Waals surface area contributed by atoms with Gasteiger partial charge in [0.25, 0.3) is 0 Å². The highest BCUT2D eigenvalue weighted by Gasteiger charge is 2.01. The van der Waals surface area contributed by atoms with Crippen molar-refractivity contribution in [2.45, 2.75) is 0 Å². The first kappa shape index (κ1) is 7.05. The molecule has 62 valence electrons. The molecule has 5 nitrogen and oxygen atoms in total. The third kappa shape index (κ3) is 0.998. The summed E-state index contributed by atoms with van der Waals surface area (Å²) in [5, 5.41) is 0.916. The lowest BCUT2D eigenvalue weighted by Gasteiger charge is -2.01. The van der Waals surface area contributed by atoms with Crippen LogP contribution in [0.2, 0.25) is 0 Å². The lowest BCUT2D eigenvalue weighted by Crippen LogP contribution is -1.98. The maximum Gasteiger partial charge on any atom is 0.162 e. The summed E-state index contributed by atoms with van der Waals surface area (Å²) in [4.78, 5) is 15.7. The number of H-pyrrole nitrogens is 1. The number of rotatable bonds is 2. The molecule has 2 rings (SSSR count). The number of nitrogens with one attached hydrogen (secondary N) is 2. The van der Waals surface area contributed by atoms with Crippen molar-refractivity contribution in [1.29, 1.82) is 0 Å². The summed E-state index contributed by atoms with van der Waals surface area (Å²) in [6.45, 7) is 0. The normalized spacial score (nSPS) is 10.4. The second-order valence-electron chi connectivity index (χ2n) is 2.27. The Morgan fingerprint density at radius 3 is 3.25 bits per heavy atom.